The smallest absolute Gasteiger partial charge is 0.311 e. The van der Waals surface area contributed by atoms with Gasteiger partial charge in [-0.3, -0.25) is 9.59 Å². The van der Waals surface area contributed by atoms with E-state index in [1.54, 1.807) is 18.2 Å². The standard InChI is InChI=1S/C22H17FO4/c23-19-8-4-5-9-20(19)27-22(25)15-14-21(24)26-18-12-10-17(11-13-18)16-6-2-1-3-7-16/h1-13H,14-15H2. The second kappa shape index (κ2) is 8.76. The predicted octanol–water partition coefficient (Wildman–Crippen LogP) is 4.78. The highest BCUT2D eigenvalue weighted by molar-refractivity contribution is 5.80. The first-order valence-electron chi connectivity index (χ1n) is 8.43. The molecule has 3 rings (SSSR count). The minimum absolute atomic E-state index is 0.159. The highest BCUT2D eigenvalue weighted by atomic mass is 19.1. The van der Waals surface area contributed by atoms with Crippen molar-refractivity contribution in [3.63, 3.8) is 0 Å². The summed E-state index contributed by atoms with van der Waals surface area (Å²) < 4.78 is 23.5. The normalized spacial score (nSPS) is 10.3. The molecule has 0 spiro atoms. The van der Waals surface area contributed by atoms with E-state index >= 15 is 0 Å². The SMILES string of the molecule is O=C(CCC(=O)Oc1ccccc1F)Oc1ccc(-c2ccccc2)cc1. The van der Waals surface area contributed by atoms with Crippen LogP contribution in [0, 0.1) is 5.82 Å². The van der Waals surface area contributed by atoms with E-state index in [-0.39, 0.29) is 18.6 Å². The van der Waals surface area contributed by atoms with Gasteiger partial charge in [0.25, 0.3) is 0 Å². The monoisotopic (exact) mass is 364 g/mol. The molecule has 0 N–H and O–H groups in total. The van der Waals surface area contributed by atoms with Crippen molar-refractivity contribution >= 4 is 11.9 Å². The van der Waals surface area contributed by atoms with Crippen molar-refractivity contribution in [2.75, 3.05) is 0 Å². The molecule has 0 saturated heterocycles. The van der Waals surface area contributed by atoms with Crippen LogP contribution < -0.4 is 9.47 Å². The summed E-state index contributed by atoms with van der Waals surface area (Å²) in [6.07, 6.45) is -0.358. The quantitative estimate of drug-likeness (QED) is 0.466. The summed E-state index contributed by atoms with van der Waals surface area (Å²) in [7, 11) is 0. The summed E-state index contributed by atoms with van der Waals surface area (Å²) in [6, 6.07) is 22.5. The van der Waals surface area contributed by atoms with Gasteiger partial charge in [-0.2, -0.15) is 0 Å². The molecule has 0 atom stereocenters. The summed E-state index contributed by atoms with van der Waals surface area (Å²) in [5.74, 6) is -1.66. The first-order valence-corrected chi connectivity index (χ1v) is 8.43. The van der Waals surface area contributed by atoms with E-state index in [9.17, 15) is 14.0 Å². The molecule has 0 aliphatic rings. The maximum atomic E-state index is 13.4. The zero-order valence-corrected chi connectivity index (χ0v) is 14.4. The molecule has 0 unspecified atom stereocenters. The molecule has 0 bridgehead atoms. The van der Waals surface area contributed by atoms with Gasteiger partial charge in [0, 0.05) is 0 Å². The first kappa shape index (κ1) is 18.3. The average molecular weight is 364 g/mol. The fourth-order valence-corrected chi connectivity index (χ4v) is 2.43. The lowest BCUT2D eigenvalue weighted by Gasteiger charge is -2.07. The van der Waals surface area contributed by atoms with Crippen molar-refractivity contribution in [3.05, 3.63) is 84.7 Å². The molecule has 5 heteroatoms. The zero-order valence-electron chi connectivity index (χ0n) is 14.4. The first-order chi connectivity index (χ1) is 13.1. The van der Waals surface area contributed by atoms with Crippen LogP contribution in [0.2, 0.25) is 0 Å². The molecule has 0 radical (unpaired) electrons. The van der Waals surface area contributed by atoms with Crippen molar-refractivity contribution < 1.29 is 23.5 Å². The third kappa shape index (κ3) is 5.25. The van der Waals surface area contributed by atoms with Crippen LogP contribution in [0.1, 0.15) is 12.8 Å². The van der Waals surface area contributed by atoms with Crippen LogP contribution in [0.5, 0.6) is 11.5 Å². The van der Waals surface area contributed by atoms with E-state index in [1.807, 2.05) is 42.5 Å². The Morgan fingerprint density at radius 3 is 1.89 bits per heavy atom. The molecule has 0 heterocycles. The summed E-state index contributed by atoms with van der Waals surface area (Å²) in [4.78, 5) is 23.6. The van der Waals surface area contributed by atoms with Crippen molar-refractivity contribution in [2.24, 2.45) is 0 Å². The topological polar surface area (TPSA) is 52.6 Å². The maximum absolute atomic E-state index is 13.4. The Morgan fingerprint density at radius 1 is 0.667 bits per heavy atom. The summed E-state index contributed by atoms with van der Waals surface area (Å²) in [5.41, 5.74) is 2.06. The Hall–Kier alpha value is -3.47. The largest absolute Gasteiger partial charge is 0.427 e. The van der Waals surface area contributed by atoms with Crippen molar-refractivity contribution in [3.8, 4) is 22.6 Å². The number of benzene rings is 3. The number of halogens is 1. The third-order valence-electron chi connectivity index (χ3n) is 3.79. The fourth-order valence-electron chi connectivity index (χ4n) is 2.43. The molecule has 0 amide bonds. The van der Waals surface area contributed by atoms with E-state index in [0.29, 0.717) is 5.75 Å². The lowest BCUT2D eigenvalue weighted by Crippen LogP contribution is -2.14. The molecule has 136 valence electrons. The van der Waals surface area contributed by atoms with Crippen molar-refractivity contribution in [2.45, 2.75) is 12.8 Å². The molecule has 0 aliphatic carbocycles. The molecule has 27 heavy (non-hydrogen) atoms. The van der Waals surface area contributed by atoms with Gasteiger partial charge in [-0.15, -0.1) is 0 Å². The highest BCUT2D eigenvalue weighted by Gasteiger charge is 2.13. The molecule has 3 aromatic rings. The predicted molar refractivity (Wildman–Crippen MR) is 98.8 cm³/mol. The zero-order chi connectivity index (χ0) is 19.1. The maximum Gasteiger partial charge on any atom is 0.311 e. The van der Waals surface area contributed by atoms with E-state index in [1.165, 1.54) is 18.2 Å². The van der Waals surface area contributed by atoms with Crippen LogP contribution in [0.25, 0.3) is 11.1 Å². The molecule has 0 fully saturated rings. The van der Waals surface area contributed by atoms with Gasteiger partial charge in [0.1, 0.15) is 5.75 Å². The molecular weight excluding hydrogens is 347 g/mol. The number of carbonyl (C=O) groups excluding carboxylic acids is 2. The van der Waals surface area contributed by atoms with Crippen LogP contribution in [-0.4, -0.2) is 11.9 Å². The molecule has 0 aromatic heterocycles. The molecule has 3 aromatic carbocycles. The van der Waals surface area contributed by atoms with Gasteiger partial charge in [0.15, 0.2) is 11.6 Å². The van der Waals surface area contributed by atoms with Gasteiger partial charge >= 0.3 is 11.9 Å². The van der Waals surface area contributed by atoms with Crippen LogP contribution >= 0.6 is 0 Å². The van der Waals surface area contributed by atoms with E-state index in [4.69, 9.17) is 9.47 Å². The van der Waals surface area contributed by atoms with Crippen LogP contribution in [-0.2, 0) is 9.59 Å². The minimum atomic E-state index is -0.698. The molecule has 4 nitrogen and oxygen atoms in total. The number of para-hydroxylation sites is 1. The van der Waals surface area contributed by atoms with Gasteiger partial charge in [-0.05, 0) is 35.4 Å². The molecule has 0 aliphatic heterocycles. The minimum Gasteiger partial charge on any atom is -0.427 e. The number of hydrogen-bond acceptors (Lipinski definition) is 4. The van der Waals surface area contributed by atoms with Crippen molar-refractivity contribution in [1.29, 1.82) is 0 Å². The Balaban J connectivity index is 1.49. The highest BCUT2D eigenvalue weighted by Crippen LogP contribution is 2.22. The Morgan fingerprint density at radius 2 is 1.22 bits per heavy atom. The van der Waals surface area contributed by atoms with Gasteiger partial charge in [-0.25, -0.2) is 4.39 Å². The number of ether oxygens (including phenoxy) is 2. The Kier molecular flexibility index (Phi) is 5.94. The third-order valence-corrected chi connectivity index (χ3v) is 3.79. The lowest BCUT2D eigenvalue weighted by atomic mass is 10.1. The average Bonchev–Trinajstić information content (AvgIpc) is 2.69. The van der Waals surface area contributed by atoms with E-state index < -0.39 is 17.8 Å². The van der Waals surface area contributed by atoms with Gasteiger partial charge < -0.3 is 9.47 Å². The van der Waals surface area contributed by atoms with Gasteiger partial charge in [0.2, 0.25) is 0 Å². The van der Waals surface area contributed by atoms with Crippen LogP contribution in [0.3, 0.4) is 0 Å². The summed E-state index contributed by atoms with van der Waals surface area (Å²) >= 11 is 0. The lowest BCUT2D eigenvalue weighted by molar-refractivity contribution is -0.140. The number of hydrogen-bond donors (Lipinski definition) is 0. The van der Waals surface area contributed by atoms with Crippen molar-refractivity contribution in [1.82, 2.24) is 0 Å². The summed E-state index contributed by atoms with van der Waals surface area (Å²) in [5, 5.41) is 0. The number of carbonyl (C=O) groups is 2. The van der Waals surface area contributed by atoms with Crippen LogP contribution in [0.4, 0.5) is 4.39 Å². The second-order valence-electron chi connectivity index (χ2n) is 5.77. The fraction of sp³-hybridized carbons (Fsp3) is 0.0909. The summed E-state index contributed by atoms with van der Waals surface area (Å²) in [6.45, 7) is 0. The number of rotatable bonds is 6. The Labute approximate surface area is 156 Å². The van der Waals surface area contributed by atoms with E-state index in [2.05, 4.69) is 0 Å². The van der Waals surface area contributed by atoms with Gasteiger partial charge in [0.05, 0.1) is 12.8 Å². The Bertz CT molecular complexity index is 921. The van der Waals surface area contributed by atoms with Crippen LogP contribution in [0.15, 0.2) is 78.9 Å². The second-order valence-corrected chi connectivity index (χ2v) is 5.77. The molecule has 0 saturated carbocycles. The number of esters is 2. The molecular formula is C22H17FO4. The van der Waals surface area contributed by atoms with E-state index in [0.717, 1.165) is 11.1 Å². The van der Waals surface area contributed by atoms with Gasteiger partial charge in [-0.1, -0.05) is 54.6 Å².